The molecule has 0 unspecified atom stereocenters. The zero-order chi connectivity index (χ0) is 13.0. The second-order valence-corrected chi connectivity index (χ2v) is 3.27. The van der Waals surface area contributed by atoms with Crippen LogP contribution in [-0.2, 0) is 0 Å². The van der Waals surface area contributed by atoms with Gasteiger partial charge in [0, 0.05) is 19.4 Å². The minimum atomic E-state index is 0.386. The van der Waals surface area contributed by atoms with Crippen LogP contribution in [0, 0.1) is 0 Å². The Morgan fingerprint density at radius 1 is 0.944 bits per heavy atom. The number of methoxy groups -OCH3 is 2. The van der Waals surface area contributed by atoms with Crippen LogP contribution in [-0.4, -0.2) is 41.2 Å². The molecule has 0 spiro atoms. The van der Waals surface area contributed by atoms with Crippen LogP contribution < -0.4 is 14.8 Å². The van der Waals surface area contributed by atoms with Crippen LogP contribution in [0.4, 0.5) is 5.82 Å². The van der Waals surface area contributed by atoms with E-state index >= 15 is 0 Å². The molecule has 0 bridgehead atoms. The molecule has 2 aromatic rings. The third kappa shape index (κ3) is 2.02. The summed E-state index contributed by atoms with van der Waals surface area (Å²) in [6, 6.07) is 0. The van der Waals surface area contributed by atoms with Crippen molar-refractivity contribution in [1.82, 2.24) is 19.9 Å². The Bertz CT molecular complexity index is 547. The number of nitrogens with one attached hydrogen (secondary N) is 1. The summed E-state index contributed by atoms with van der Waals surface area (Å²) >= 11 is 0. The largest absolute Gasteiger partial charge is 0.491 e. The smallest absolute Gasteiger partial charge is 0.242 e. The topological polar surface area (TPSA) is 82.1 Å². The summed E-state index contributed by atoms with van der Waals surface area (Å²) in [4.78, 5) is 16.6. The fourth-order valence-electron chi connectivity index (χ4n) is 1.55. The van der Waals surface area contributed by atoms with Crippen molar-refractivity contribution >= 4 is 5.82 Å². The third-order valence-corrected chi connectivity index (χ3v) is 2.33. The zero-order valence-electron chi connectivity index (χ0n) is 10.3. The SMILES string of the molecule is CNc1ncnc(-c2nccnc2OC)c1OC. The van der Waals surface area contributed by atoms with Crippen LogP contribution in [0.5, 0.6) is 11.6 Å². The second-order valence-electron chi connectivity index (χ2n) is 3.27. The van der Waals surface area contributed by atoms with E-state index in [9.17, 15) is 0 Å². The van der Waals surface area contributed by atoms with Crippen LogP contribution in [0.25, 0.3) is 11.4 Å². The van der Waals surface area contributed by atoms with Gasteiger partial charge in [-0.05, 0) is 0 Å². The van der Waals surface area contributed by atoms with Gasteiger partial charge in [0.15, 0.2) is 17.3 Å². The van der Waals surface area contributed by atoms with Gasteiger partial charge < -0.3 is 14.8 Å². The Labute approximate surface area is 104 Å². The lowest BCUT2D eigenvalue weighted by Crippen LogP contribution is -2.03. The maximum absolute atomic E-state index is 5.31. The van der Waals surface area contributed by atoms with Gasteiger partial charge in [-0.15, -0.1) is 0 Å². The van der Waals surface area contributed by atoms with Gasteiger partial charge in [-0.2, -0.15) is 0 Å². The number of aromatic nitrogens is 4. The molecule has 1 N–H and O–H groups in total. The molecule has 0 aliphatic rings. The van der Waals surface area contributed by atoms with Crippen molar-refractivity contribution in [2.45, 2.75) is 0 Å². The van der Waals surface area contributed by atoms with E-state index in [1.807, 2.05) is 0 Å². The van der Waals surface area contributed by atoms with Gasteiger partial charge in [-0.1, -0.05) is 0 Å². The lowest BCUT2D eigenvalue weighted by atomic mass is 10.2. The number of ether oxygens (including phenoxy) is 2. The van der Waals surface area contributed by atoms with Gasteiger partial charge >= 0.3 is 0 Å². The summed E-state index contributed by atoms with van der Waals surface area (Å²) in [7, 11) is 4.83. The molecule has 0 aliphatic heterocycles. The fourth-order valence-corrected chi connectivity index (χ4v) is 1.55. The lowest BCUT2D eigenvalue weighted by Gasteiger charge is -2.11. The van der Waals surface area contributed by atoms with Crippen molar-refractivity contribution < 1.29 is 9.47 Å². The molecule has 0 saturated carbocycles. The van der Waals surface area contributed by atoms with Crippen LogP contribution in [0.3, 0.4) is 0 Å². The molecule has 18 heavy (non-hydrogen) atoms. The van der Waals surface area contributed by atoms with Crippen molar-refractivity contribution in [3.05, 3.63) is 18.7 Å². The minimum absolute atomic E-state index is 0.386. The predicted octanol–water partition coefficient (Wildman–Crippen LogP) is 0.992. The van der Waals surface area contributed by atoms with Crippen LogP contribution in [0.1, 0.15) is 0 Å². The zero-order valence-corrected chi connectivity index (χ0v) is 10.3. The monoisotopic (exact) mass is 247 g/mol. The number of nitrogens with zero attached hydrogens (tertiary/aromatic N) is 4. The number of hydrogen-bond acceptors (Lipinski definition) is 7. The van der Waals surface area contributed by atoms with E-state index in [0.29, 0.717) is 28.8 Å². The van der Waals surface area contributed by atoms with Gasteiger partial charge in [0.1, 0.15) is 12.0 Å². The highest BCUT2D eigenvalue weighted by atomic mass is 16.5. The molecule has 0 fully saturated rings. The molecule has 0 aromatic carbocycles. The van der Waals surface area contributed by atoms with E-state index in [4.69, 9.17) is 9.47 Å². The summed E-state index contributed by atoms with van der Waals surface area (Å²) in [6.07, 6.45) is 4.55. The quantitative estimate of drug-likeness (QED) is 0.862. The van der Waals surface area contributed by atoms with E-state index in [-0.39, 0.29) is 0 Å². The van der Waals surface area contributed by atoms with Crippen molar-refractivity contribution in [2.75, 3.05) is 26.6 Å². The van der Waals surface area contributed by atoms with Crippen molar-refractivity contribution in [2.24, 2.45) is 0 Å². The van der Waals surface area contributed by atoms with Gasteiger partial charge in [0.05, 0.1) is 14.2 Å². The number of anilines is 1. The van der Waals surface area contributed by atoms with Gasteiger partial charge in [-0.25, -0.2) is 19.9 Å². The normalized spacial score (nSPS) is 9.94. The molecule has 2 aromatic heterocycles. The molecule has 0 atom stereocenters. The molecule has 2 rings (SSSR count). The first-order valence-corrected chi connectivity index (χ1v) is 5.24. The molecule has 94 valence electrons. The standard InChI is InChI=1S/C11H13N5O2/c1-12-10-9(17-2)7(15-6-16-10)8-11(18-3)14-5-4-13-8/h4-6H,1-3H3,(H,12,15,16). The van der Waals surface area contributed by atoms with E-state index in [2.05, 4.69) is 25.3 Å². The van der Waals surface area contributed by atoms with Crippen molar-refractivity contribution in [1.29, 1.82) is 0 Å². The average molecular weight is 247 g/mol. The summed E-state index contributed by atoms with van der Waals surface area (Å²) in [5, 5.41) is 2.93. The highest BCUT2D eigenvalue weighted by Crippen LogP contribution is 2.34. The van der Waals surface area contributed by atoms with Gasteiger partial charge in [0.2, 0.25) is 5.88 Å². The molecular formula is C11H13N5O2. The minimum Gasteiger partial charge on any atom is -0.491 e. The molecule has 0 saturated heterocycles. The van der Waals surface area contributed by atoms with E-state index in [1.165, 1.54) is 13.4 Å². The highest BCUT2D eigenvalue weighted by molar-refractivity contribution is 5.72. The molecule has 2 heterocycles. The fraction of sp³-hybridized carbons (Fsp3) is 0.273. The molecular weight excluding hydrogens is 234 g/mol. The van der Waals surface area contributed by atoms with E-state index in [1.54, 1.807) is 26.6 Å². The van der Waals surface area contributed by atoms with Gasteiger partial charge in [0.25, 0.3) is 0 Å². The average Bonchev–Trinajstić information content (AvgIpc) is 2.46. The lowest BCUT2D eigenvalue weighted by molar-refractivity contribution is 0.395. The Balaban J connectivity index is 2.63. The second kappa shape index (κ2) is 5.26. The summed E-state index contributed by atoms with van der Waals surface area (Å²) in [5.74, 6) is 1.46. The van der Waals surface area contributed by atoms with Crippen LogP contribution >= 0.6 is 0 Å². The molecule has 0 aliphatic carbocycles. The number of rotatable bonds is 4. The molecule has 7 nitrogen and oxygen atoms in total. The highest BCUT2D eigenvalue weighted by Gasteiger charge is 2.18. The Morgan fingerprint density at radius 3 is 2.39 bits per heavy atom. The Hall–Kier alpha value is -2.44. The summed E-state index contributed by atoms with van der Waals surface area (Å²) < 4.78 is 10.5. The molecule has 0 radical (unpaired) electrons. The molecule has 0 amide bonds. The first kappa shape index (κ1) is 12.0. The first-order valence-electron chi connectivity index (χ1n) is 5.24. The van der Waals surface area contributed by atoms with Crippen LogP contribution in [0.2, 0.25) is 0 Å². The third-order valence-electron chi connectivity index (χ3n) is 2.33. The molecule has 7 heteroatoms. The van der Waals surface area contributed by atoms with Crippen molar-refractivity contribution in [3.8, 4) is 23.0 Å². The Kier molecular flexibility index (Phi) is 3.52. The van der Waals surface area contributed by atoms with E-state index < -0.39 is 0 Å². The predicted molar refractivity (Wildman–Crippen MR) is 65.7 cm³/mol. The van der Waals surface area contributed by atoms with Crippen LogP contribution in [0.15, 0.2) is 18.7 Å². The van der Waals surface area contributed by atoms with E-state index in [0.717, 1.165) is 0 Å². The summed E-state index contributed by atoms with van der Waals surface area (Å²) in [6.45, 7) is 0. The Morgan fingerprint density at radius 2 is 1.72 bits per heavy atom. The maximum Gasteiger partial charge on any atom is 0.242 e. The van der Waals surface area contributed by atoms with Gasteiger partial charge in [-0.3, -0.25) is 0 Å². The number of hydrogen-bond donors (Lipinski definition) is 1. The first-order chi connectivity index (χ1) is 8.81. The maximum atomic E-state index is 5.31. The van der Waals surface area contributed by atoms with Crippen molar-refractivity contribution in [3.63, 3.8) is 0 Å². The summed E-state index contributed by atoms with van der Waals surface area (Å²) in [5.41, 5.74) is 1.04.